The molecule has 0 aromatic rings. The summed E-state index contributed by atoms with van der Waals surface area (Å²) in [6.07, 6.45) is 0. The van der Waals surface area contributed by atoms with E-state index in [0.29, 0.717) is 0 Å². The van der Waals surface area contributed by atoms with E-state index in [1.54, 1.807) is 0 Å². The van der Waals surface area contributed by atoms with Crippen molar-refractivity contribution >= 4 is 9.84 Å². The zero-order valence-corrected chi connectivity index (χ0v) is 5.15. The highest BCUT2D eigenvalue weighted by Gasteiger charge is 2.27. The lowest BCUT2D eigenvalue weighted by atomic mass is 10.5. The van der Waals surface area contributed by atoms with Gasteiger partial charge in [-0.3, -0.25) is 0 Å². The molecular weight excluding hydrogens is 128 g/mol. The first-order chi connectivity index (χ1) is 3.63. The van der Waals surface area contributed by atoms with E-state index < -0.39 is 15.1 Å². The zero-order valence-electron chi connectivity index (χ0n) is 4.33. The van der Waals surface area contributed by atoms with Gasteiger partial charge in [-0.25, -0.2) is 8.42 Å². The van der Waals surface area contributed by atoms with Gasteiger partial charge in [-0.2, -0.15) is 0 Å². The Balaban J connectivity index is 2.85. The summed E-state index contributed by atoms with van der Waals surface area (Å²) in [5, 5.41) is -0.539. The maximum atomic E-state index is 10.6. The van der Waals surface area contributed by atoms with Crippen LogP contribution in [0.25, 0.3) is 0 Å². The molecule has 1 aliphatic heterocycles. The Morgan fingerprint density at radius 2 is 2.25 bits per heavy atom. The molecule has 8 heavy (non-hydrogen) atoms. The smallest absolute Gasteiger partial charge is 0.179 e. The molecule has 0 aromatic heterocycles. The van der Waals surface area contributed by atoms with Gasteiger partial charge in [0, 0.05) is 0 Å². The molecule has 3 nitrogen and oxygen atoms in total. The Labute approximate surface area is 48.6 Å². The highest BCUT2D eigenvalue weighted by Crippen LogP contribution is 2.09. The summed E-state index contributed by atoms with van der Waals surface area (Å²) in [6, 6.07) is 0. The van der Waals surface area contributed by atoms with Crippen LogP contribution in [0.2, 0.25) is 0 Å². The third-order valence-corrected chi connectivity index (χ3v) is 2.71. The van der Waals surface area contributed by atoms with E-state index in [9.17, 15) is 8.42 Å². The fraction of sp³-hybridized carbons (Fsp3) is 0.750. The Morgan fingerprint density at radius 1 is 1.62 bits per heavy atom. The van der Waals surface area contributed by atoms with Gasteiger partial charge >= 0.3 is 0 Å². The molecule has 1 atom stereocenters. The Morgan fingerprint density at radius 3 is 2.38 bits per heavy atom. The number of ether oxygens (including phenoxy) is 1. The van der Waals surface area contributed by atoms with E-state index >= 15 is 0 Å². The van der Waals surface area contributed by atoms with Crippen LogP contribution in [-0.4, -0.2) is 26.2 Å². The third-order valence-electron chi connectivity index (χ3n) is 1.06. The second-order valence-electron chi connectivity index (χ2n) is 1.77. The number of sulfone groups is 1. The molecule has 0 bridgehead atoms. The lowest BCUT2D eigenvalue weighted by molar-refractivity contribution is 0.207. The first-order valence-corrected chi connectivity index (χ1v) is 3.97. The van der Waals surface area contributed by atoms with Crippen LogP contribution in [0.5, 0.6) is 0 Å². The number of rotatable bonds is 0. The molecule has 1 rings (SSSR count). The molecule has 0 amide bonds. The van der Waals surface area contributed by atoms with Crippen molar-refractivity contribution in [3.05, 3.63) is 6.92 Å². The second kappa shape index (κ2) is 1.70. The first-order valence-electron chi connectivity index (χ1n) is 2.25. The quantitative estimate of drug-likeness (QED) is 0.453. The van der Waals surface area contributed by atoms with Crippen LogP contribution in [0.4, 0.5) is 0 Å². The Hall–Kier alpha value is -0.0900. The van der Waals surface area contributed by atoms with Crippen molar-refractivity contribution in [3.8, 4) is 0 Å². The van der Waals surface area contributed by atoms with Crippen LogP contribution in [0.1, 0.15) is 0 Å². The molecule has 1 saturated heterocycles. The second-order valence-corrected chi connectivity index (χ2v) is 4.00. The van der Waals surface area contributed by atoms with Crippen LogP contribution in [0.3, 0.4) is 0 Å². The predicted octanol–water partition coefficient (Wildman–Crippen LogP) is -0.408. The minimum Gasteiger partial charge on any atom is -0.364 e. The van der Waals surface area contributed by atoms with Crippen molar-refractivity contribution < 1.29 is 13.2 Å². The zero-order chi connectivity index (χ0) is 6.20. The molecule has 1 aliphatic rings. The maximum absolute atomic E-state index is 10.6. The minimum atomic E-state index is -2.96. The van der Waals surface area contributed by atoms with Crippen molar-refractivity contribution in [2.75, 3.05) is 12.5 Å². The van der Waals surface area contributed by atoms with E-state index in [1.165, 1.54) is 0 Å². The maximum Gasteiger partial charge on any atom is 0.179 e. The van der Waals surface area contributed by atoms with Crippen LogP contribution < -0.4 is 0 Å². The van der Waals surface area contributed by atoms with E-state index in [-0.39, 0.29) is 12.5 Å². The third kappa shape index (κ3) is 0.855. The molecule has 0 aliphatic carbocycles. The molecule has 1 fully saturated rings. The van der Waals surface area contributed by atoms with Gasteiger partial charge in [0.1, 0.15) is 5.94 Å². The fourth-order valence-corrected chi connectivity index (χ4v) is 1.32. The molecule has 4 heteroatoms. The molecule has 0 N–H and O–H groups in total. The highest BCUT2D eigenvalue weighted by molar-refractivity contribution is 7.92. The van der Waals surface area contributed by atoms with Gasteiger partial charge in [-0.1, -0.05) is 0 Å². The molecule has 0 spiro atoms. The lowest BCUT2D eigenvalue weighted by Crippen LogP contribution is -2.13. The predicted molar refractivity (Wildman–Crippen MR) is 28.9 cm³/mol. The van der Waals surface area contributed by atoms with E-state index in [4.69, 9.17) is 0 Å². The topological polar surface area (TPSA) is 43.4 Å². The molecule has 1 radical (unpaired) electrons. The number of hydrogen-bond acceptors (Lipinski definition) is 3. The van der Waals surface area contributed by atoms with Crippen LogP contribution >= 0.6 is 0 Å². The minimum absolute atomic E-state index is 0.152. The monoisotopic (exact) mass is 135 g/mol. The standard InChI is InChI=1S/C4H7O3S/c1-4-2-7-3-8(4,5)6/h4H,1-3H2. The van der Waals surface area contributed by atoms with Gasteiger partial charge in [0.25, 0.3) is 0 Å². The van der Waals surface area contributed by atoms with Gasteiger partial charge in [0.05, 0.1) is 11.9 Å². The van der Waals surface area contributed by atoms with Gasteiger partial charge < -0.3 is 4.74 Å². The van der Waals surface area contributed by atoms with Crippen molar-refractivity contribution in [1.82, 2.24) is 0 Å². The van der Waals surface area contributed by atoms with Gasteiger partial charge in [-0.05, 0) is 6.92 Å². The van der Waals surface area contributed by atoms with Gasteiger partial charge in [0.15, 0.2) is 9.84 Å². The first kappa shape index (κ1) is 6.04. The van der Waals surface area contributed by atoms with Crippen LogP contribution in [-0.2, 0) is 14.6 Å². The molecular formula is C4H7O3S. The summed E-state index contributed by atoms with van der Waals surface area (Å²) in [5.41, 5.74) is 0. The normalized spacial score (nSPS) is 35.4. The molecule has 0 saturated carbocycles. The fourth-order valence-electron chi connectivity index (χ4n) is 0.496. The average molecular weight is 135 g/mol. The Bertz CT molecular complexity index is 170. The lowest BCUT2D eigenvalue weighted by Gasteiger charge is -1.92. The van der Waals surface area contributed by atoms with Crippen molar-refractivity contribution in [2.24, 2.45) is 0 Å². The van der Waals surface area contributed by atoms with Crippen molar-refractivity contribution in [2.45, 2.75) is 5.25 Å². The molecule has 1 heterocycles. The SMILES string of the molecule is [CH2]C1COCS1(=O)=O. The molecule has 1 unspecified atom stereocenters. The summed E-state index contributed by atoms with van der Waals surface area (Å²) in [7, 11) is -2.96. The largest absolute Gasteiger partial charge is 0.364 e. The van der Waals surface area contributed by atoms with Crippen LogP contribution in [0.15, 0.2) is 0 Å². The summed E-state index contributed by atoms with van der Waals surface area (Å²) in [5.74, 6) is -0.152. The summed E-state index contributed by atoms with van der Waals surface area (Å²) in [6.45, 7) is 3.63. The van der Waals surface area contributed by atoms with Crippen molar-refractivity contribution in [3.63, 3.8) is 0 Å². The average Bonchev–Trinajstić information content (AvgIpc) is 1.86. The summed E-state index contributed by atoms with van der Waals surface area (Å²) < 4.78 is 25.8. The molecule has 47 valence electrons. The van der Waals surface area contributed by atoms with Gasteiger partial charge in [-0.15, -0.1) is 0 Å². The summed E-state index contributed by atoms with van der Waals surface area (Å²) in [4.78, 5) is 0. The summed E-state index contributed by atoms with van der Waals surface area (Å²) >= 11 is 0. The van der Waals surface area contributed by atoms with Crippen molar-refractivity contribution in [1.29, 1.82) is 0 Å². The van der Waals surface area contributed by atoms with Crippen LogP contribution in [0, 0.1) is 6.92 Å². The van der Waals surface area contributed by atoms with E-state index in [2.05, 4.69) is 11.7 Å². The van der Waals surface area contributed by atoms with Gasteiger partial charge in [0.2, 0.25) is 0 Å². The van der Waals surface area contributed by atoms with E-state index in [1.807, 2.05) is 0 Å². The molecule has 0 aromatic carbocycles. The Kier molecular flexibility index (Phi) is 1.28. The number of hydrogen-bond donors (Lipinski definition) is 0. The van der Waals surface area contributed by atoms with E-state index in [0.717, 1.165) is 0 Å². The highest BCUT2D eigenvalue weighted by atomic mass is 32.2.